The first-order valence-electron chi connectivity index (χ1n) is 3.57. The molecule has 1 heterocycles. The van der Waals surface area contributed by atoms with Crippen molar-refractivity contribution in [2.24, 2.45) is 0 Å². The van der Waals surface area contributed by atoms with Gasteiger partial charge in [-0.15, -0.1) is 0 Å². The topological polar surface area (TPSA) is 3.24 Å². The Morgan fingerprint density at radius 1 is 1.50 bits per heavy atom. The molecule has 10 heavy (non-hydrogen) atoms. The predicted molar refractivity (Wildman–Crippen MR) is 53.7 cm³/mol. The average molecular weight is 195 g/mol. The summed E-state index contributed by atoms with van der Waals surface area (Å²) in [4.78, 5) is 2.40. The molecular weight excluding hydrogens is 182 g/mol. The van der Waals surface area contributed by atoms with Gasteiger partial charge >= 0.3 is 0 Å². The van der Waals surface area contributed by atoms with Crippen LogP contribution in [0.25, 0.3) is 0 Å². The monoisotopic (exact) mass is 195 g/mol. The van der Waals surface area contributed by atoms with Crippen LogP contribution < -0.4 is 0 Å². The smallest absolute Gasteiger partial charge is 0.0532 e. The minimum absolute atomic E-state index is 1.02. The van der Waals surface area contributed by atoms with E-state index in [0.717, 1.165) is 18.2 Å². The molecule has 0 bridgehead atoms. The minimum atomic E-state index is -1.03. The Labute approximate surface area is 72.6 Å². The maximum atomic E-state index is 5.26. The zero-order valence-corrected chi connectivity index (χ0v) is 8.66. The van der Waals surface area contributed by atoms with Crippen molar-refractivity contribution < 1.29 is 0 Å². The van der Waals surface area contributed by atoms with Crippen molar-refractivity contribution in [3.8, 4) is 0 Å². The Bertz CT molecular complexity index is 195. The second-order valence-electron chi connectivity index (χ2n) is 2.69. The lowest BCUT2D eigenvalue weighted by molar-refractivity contribution is 0.356. The fraction of sp³-hybridized carbons (Fsp3) is 1.00. The number of nitrogens with zero attached hydrogens (tertiary/aromatic N) is 1. The molecule has 0 saturated carbocycles. The quantitative estimate of drug-likeness (QED) is 0.640. The molecule has 0 aliphatic carbocycles. The number of hydrogen-bond acceptors (Lipinski definition) is 3. The standard InChI is InChI=1S/C6H13NS3/c1-2-3-7-4-5-10(8,9)6-7/h2-6H2,1H3. The summed E-state index contributed by atoms with van der Waals surface area (Å²) in [6.45, 7) is 4.53. The first-order valence-corrected chi connectivity index (χ1v) is 7.39. The van der Waals surface area contributed by atoms with E-state index in [2.05, 4.69) is 11.8 Å². The molecule has 0 amide bonds. The van der Waals surface area contributed by atoms with Crippen LogP contribution in [0.5, 0.6) is 0 Å². The van der Waals surface area contributed by atoms with Gasteiger partial charge in [0.25, 0.3) is 0 Å². The second kappa shape index (κ2) is 3.43. The molecule has 1 saturated heterocycles. The minimum Gasteiger partial charge on any atom is -0.293 e. The third-order valence-electron chi connectivity index (χ3n) is 1.64. The molecule has 1 fully saturated rings. The number of rotatable bonds is 2. The summed E-state index contributed by atoms with van der Waals surface area (Å²) in [5.74, 6) is 2.11. The predicted octanol–water partition coefficient (Wildman–Crippen LogP) is 0.747. The van der Waals surface area contributed by atoms with E-state index in [1.807, 2.05) is 0 Å². The van der Waals surface area contributed by atoms with E-state index in [9.17, 15) is 0 Å². The molecule has 4 heteroatoms. The van der Waals surface area contributed by atoms with Gasteiger partial charge in [-0.3, -0.25) is 4.90 Å². The van der Waals surface area contributed by atoms with E-state index in [1.165, 1.54) is 13.0 Å². The maximum absolute atomic E-state index is 5.26. The highest BCUT2D eigenvalue weighted by Gasteiger charge is 2.17. The first-order chi connectivity index (χ1) is 4.64. The van der Waals surface area contributed by atoms with Gasteiger partial charge in [0.2, 0.25) is 0 Å². The van der Waals surface area contributed by atoms with Gasteiger partial charge in [0.1, 0.15) is 0 Å². The SMILES string of the molecule is CCCN1CCS(=S)(=S)C1. The van der Waals surface area contributed by atoms with Crippen LogP contribution in [0.4, 0.5) is 0 Å². The van der Waals surface area contributed by atoms with E-state index in [-0.39, 0.29) is 0 Å². The molecule has 1 aliphatic rings. The molecule has 1 nitrogen and oxygen atoms in total. The highest BCUT2D eigenvalue weighted by molar-refractivity contribution is 8.56. The summed E-state index contributed by atoms with van der Waals surface area (Å²) >= 11 is 10.5. The third-order valence-corrected chi connectivity index (χ3v) is 4.83. The summed E-state index contributed by atoms with van der Waals surface area (Å²) < 4.78 is 0. The molecule has 60 valence electrons. The van der Waals surface area contributed by atoms with Crippen LogP contribution in [-0.4, -0.2) is 29.6 Å². The van der Waals surface area contributed by atoms with Gasteiger partial charge in [0.15, 0.2) is 0 Å². The molecule has 1 rings (SSSR count). The highest BCUT2D eigenvalue weighted by Crippen LogP contribution is 2.08. The van der Waals surface area contributed by atoms with Gasteiger partial charge in [-0.05, 0) is 35.3 Å². The van der Waals surface area contributed by atoms with Crippen LogP contribution in [0, 0.1) is 0 Å². The van der Waals surface area contributed by atoms with Crippen molar-refractivity contribution in [1.29, 1.82) is 0 Å². The van der Waals surface area contributed by atoms with E-state index in [0.29, 0.717) is 0 Å². The summed E-state index contributed by atoms with van der Waals surface area (Å²) in [5, 5.41) is 0. The zero-order valence-electron chi connectivity index (χ0n) is 6.21. The van der Waals surface area contributed by atoms with Crippen LogP contribution in [0.15, 0.2) is 0 Å². The van der Waals surface area contributed by atoms with E-state index in [4.69, 9.17) is 22.4 Å². The summed E-state index contributed by atoms with van der Waals surface area (Å²) in [7, 11) is -1.03. The Balaban J connectivity index is 2.44. The molecule has 0 atom stereocenters. The average Bonchev–Trinajstić information content (AvgIpc) is 2.12. The Morgan fingerprint density at radius 3 is 2.60 bits per heavy atom. The van der Waals surface area contributed by atoms with Crippen molar-refractivity contribution in [1.82, 2.24) is 4.90 Å². The van der Waals surface area contributed by atoms with Crippen molar-refractivity contribution >= 4 is 29.5 Å². The van der Waals surface area contributed by atoms with E-state index >= 15 is 0 Å². The van der Waals surface area contributed by atoms with Crippen LogP contribution in [0.1, 0.15) is 13.3 Å². The Hall–Kier alpha value is 0.750. The molecular formula is C6H13NS3. The fourth-order valence-electron chi connectivity index (χ4n) is 1.17. The van der Waals surface area contributed by atoms with Gasteiger partial charge in [-0.25, -0.2) is 0 Å². The van der Waals surface area contributed by atoms with E-state index in [1.54, 1.807) is 0 Å². The van der Waals surface area contributed by atoms with E-state index < -0.39 is 7.15 Å². The van der Waals surface area contributed by atoms with Crippen LogP contribution in [0.2, 0.25) is 0 Å². The molecule has 0 spiro atoms. The normalized spacial score (nSPS) is 25.3. The molecule has 0 radical (unpaired) electrons. The zero-order chi connectivity index (χ0) is 7.61. The van der Waals surface area contributed by atoms with Crippen molar-refractivity contribution in [3.63, 3.8) is 0 Å². The lowest BCUT2D eigenvalue weighted by Crippen LogP contribution is -2.20. The lowest BCUT2D eigenvalue weighted by Gasteiger charge is -2.11. The lowest BCUT2D eigenvalue weighted by atomic mass is 10.4. The van der Waals surface area contributed by atoms with Crippen molar-refractivity contribution in [2.45, 2.75) is 13.3 Å². The van der Waals surface area contributed by atoms with Crippen molar-refractivity contribution in [3.05, 3.63) is 0 Å². The van der Waals surface area contributed by atoms with Crippen molar-refractivity contribution in [2.75, 3.05) is 24.7 Å². The third kappa shape index (κ3) is 2.42. The van der Waals surface area contributed by atoms with Gasteiger partial charge in [-0.2, -0.15) is 0 Å². The summed E-state index contributed by atoms with van der Waals surface area (Å²) in [5.41, 5.74) is 0. The summed E-state index contributed by atoms with van der Waals surface area (Å²) in [6, 6.07) is 0. The van der Waals surface area contributed by atoms with Crippen LogP contribution in [0.3, 0.4) is 0 Å². The van der Waals surface area contributed by atoms with Gasteiger partial charge in [0.05, 0.1) is 5.88 Å². The van der Waals surface area contributed by atoms with Gasteiger partial charge in [-0.1, -0.05) is 14.1 Å². The van der Waals surface area contributed by atoms with Crippen LogP contribution in [-0.2, 0) is 29.5 Å². The Kier molecular flexibility index (Phi) is 3.03. The number of hydrogen-bond donors (Lipinski definition) is 0. The second-order valence-corrected chi connectivity index (χ2v) is 9.31. The van der Waals surface area contributed by atoms with Gasteiger partial charge in [0, 0.05) is 12.3 Å². The summed E-state index contributed by atoms with van der Waals surface area (Å²) in [6.07, 6.45) is 1.22. The molecule has 0 unspecified atom stereocenters. The largest absolute Gasteiger partial charge is 0.293 e. The molecule has 1 aliphatic heterocycles. The molecule has 0 aromatic rings. The van der Waals surface area contributed by atoms with Crippen LogP contribution >= 0.6 is 0 Å². The maximum Gasteiger partial charge on any atom is 0.0532 e. The molecule has 0 aromatic carbocycles. The molecule has 0 aromatic heterocycles. The molecule has 0 N–H and O–H groups in total. The fourth-order valence-corrected chi connectivity index (χ4v) is 3.99. The first kappa shape index (κ1) is 8.84. The highest BCUT2D eigenvalue weighted by atomic mass is 33.1. The Morgan fingerprint density at radius 2 is 2.20 bits per heavy atom. The van der Waals surface area contributed by atoms with Gasteiger partial charge < -0.3 is 0 Å².